The molecule has 66 valence electrons. The van der Waals surface area contributed by atoms with Gasteiger partial charge in [0.25, 0.3) is 0 Å². The summed E-state index contributed by atoms with van der Waals surface area (Å²) in [6.45, 7) is 3.91. The number of rotatable bonds is 2. The highest BCUT2D eigenvalue weighted by Gasteiger charge is 2.00. The number of hydrogen-bond acceptors (Lipinski definition) is 2. The van der Waals surface area contributed by atoms with Gasteiger partial charge in [0.2, 0.25) is 0 Å². The van der Waals surface area contributed by atoms with Gasteiger partial charge in [0.1, 0.15) is 11.5 Å². The van der Waals surface area contributed by atoms with Gasteiger partial charge in [0.05, 0.1) is 6.10 Å². The Morgan fingerprint density at radius 1 is 1.33 bits per heavy atom. The van der Waals surface area contributed by atoms with Crippen LogP contribution in [0.15, 0.2) is 18.2 Å². The molecule has 1 aromatic rings. The molecule has 1 N–H and O–H groups in total. The standard InChI is InChI=1S/C9H11IO2/c1-6(2)12-9-4-7(10)3-8(11)5-9/h3-6,11H,1-2H3. The zero-order valence-corrected chi connectivity index (χ0v) is 9.20. The molecule has 1 rings (SSSR count). The number of aromatic hydroxyl groups is 1. The van der Waals surface area contributed by atoms with E-state index in [9.17, 15) is 5.11 Å². The lowest BCUT2D eigenvalue weighted by atomic mass is 10.3. The fraction of sp³-hybridized carbons (Fsp3) is 0.333. The molecule has 0 saturated heterocycles. The highest BCUT2D eigenvalue weighted by atomic mass is 127. The molecule has 0 aliphatic rings. The zero-order chi connectivity index (χ0) is 9.14. The van der Waals surface area contributed by atoms with Crippen molar-refractivity contribution < 1.29 is 9.84 Å². The minimum absolute atomic E-state index is 0.141. The van der Waals surface area contributed by atoms with Crippen LogP contribution in [0.1, 0.15) is 13.8 Å². The van der Waals surface area contributed by atoms with Gasteiger partial charge in [0, 0.05) is 9.64 Å². The topological polar surface area (TPSA) is 29.5 Å². The Morgan fingerprint density at radius 2 is 2.00 bits per heavy atom. The molecule has 0 radical (unpaired) electrons. The van der Waals surface area contributed by atoms with Gasteiger partial charge in [-0.2, -0.15) is 0 Å². The molecule has 1 aromatic carbocycles. The van der Waals surface area contributed by atoms with E-state index in [1.54, 1.807) is 12.1 Å². The third-order valence-electron chi connectivity index (χ3n) is 1.23. The second kappa shape index (κ2) is 3.98. The van der Waals surface area contributed by atoms with Crippen LogP contribution in [-0.2, 0) is 0 Å². The predicted octanol–water partition coefficient (Wildman–Crippen LogP) is 2.78. The smallest absolute Gasteiger partial charge is 0.124 e. The van der Waals surface area contributed by atoms with Gasteiger partial charge in [-0.1, -0.05) is 0 Å². The number of benzene rings is 1. The van der Waals surface area contributed by atoms with E-state index in [0.29, 0.717) is 0 Å². The van der Waals surface area contributed by atoms with E-state index >= 15 is 0 Å². The molecule has 0 bridgehead atoms. The number of ether oxygens (including phenoxy) is 1. The maximum Gasteiger partial charge on any atom is 0.124 e. The Hall–Kier alpha value is -0.450. The largest absolute Gasteiger partial charge is 0.508 e. The maximum absolute atomic E-state index is 9.22. The van der Waals surface area contributed by atoms with E-state index in [1.807, 2.05) is 19.9 Å². The molecule has 12 heavy (non-hydrogen) atoms. The van der Waals surface area contributed by atoms with E-state index < -0.39 is 0 Å². The predicted molar refractivity (Wildman–Crippen MR) is 56.6 cm³/mol. The zero-order valence-electron chi connectivity index (χ0n) is 7.04. The number of hydrogen-bond donors (Lipinski definition) is 1. The van der Waals surface area contributed by atoms with Gasteiger partial charge in [0.15, 0.2) is 0 Å². The fourth-order valence-electron chi connectivity index (χ4n) is 0.888. The molecule has 0 aliphatic heterocycles. The first-order chi connectivity index (χ1) is 5.58. The van der Waals surface area contributed by atoms with Crippen molar-refractivity contribution in [3.05, 3.63) is 21.8 Å². The highest BCUT2D eigenvalue weighted by molar-refractivity contribution is 14.1. The molecular formula is C9H11IO2. The van der Waals surface area contributed by atoms with Gasteiger partial charge in [-0.25, -0.2) is 0 Å². The van der Waals surface area contributed by atoms with Crippen molar-refractivity contribution in [2.45, 2.75) is 20.0 Å². The lowest BCUT2D eigenvalue weighted by Crippen LogP contribution is -2.05. The Bertz CT molecular complexity index is 251. The van der Waals surface area contributed by atoms with Crippen molar-refractivity contribution >= 4 is 22.6 Å². The first kappa shape index (κ1) is 9.64. The van der Waals surface area contributed by atoms with Gasteiger partial charge in [-0.15, -0.1) is 0 Å². The lowest BCUT2D eigenvalue weighted by Gasteiger charge is -2.09. The summed E-state index contributed by atoms with van der Waals surface area (Å²) >= 11 is 2.14. The molecule has 0 fully saturated rings. The van der Waals surface area contributed by atoms with E-state index in [0.717, 1.165) is 9.32 Å². The summed E-state index contributed by atoms with van der Waals surface area (Å²) in [4.78, 5) is 0. The maximum atomic E-state index is 9.22. The molecule has 0 aliphatic carbocycles. The summed E-state index contributed by atoms with van der Waals surface area (Å²) in [6.07, 6.45) is 0.141. The molecular weight excluding hydrogens is 267 g/mol. The number of phenolic OH excluding ortho intramolecular Hbond substituents is 1. The molecule has 3 heteroatoms. The van der Waals surface area contributed by atoms with Crippen molar-refractivity contribution in [1.82, 2.24) is 0 Å². The van der Waals surface area contributed by atoms with Crippen LogP contribution in [0.25, 0.3) is 0 Å². The van der Waals surface area contributed by atoms with E-state index in [2.05, 4.69) is 22.6 Å². The minimum Gasteiger partial charge on any atom is -0.508 e. The molecule has 2 nitrogen and oxygen atoms in total. The summed E-state index contributed by atoms with van der Waals surface area (Å²) in [6, 6.07) is 5.19. The van der Waals surface area contributed by atoms with E-state index in [-0.39, 0.29) is 11.9 Å². The van der Waals surface area contributed by atoms with Crippen LogP contribution in [-0.4, -0.2) is 11.2 Å². The van der Waals surface area contributed by atoms with Crippen molar-refractivity contribution in [3.8, 4) is 11.5 Å². The van der Waals surface area contributed by atoms with Crippen LogP contribution in [0.3, 0.4) is 0 Å². The summed E-state index contributed by atoms with van der Waals surface area (Å²) in [5.74, 6) is 0.965. The molecule has 0 amide bonds. The quantitative estimate of drug-likeness (QED) is 0.843. The van der Waals surface area contributed by atoms with Crippen molar-refractivity contribution in [3.63, 3.8) is 0 Å². The first-order valence-electron chi connectivity index (χ1n) is 3.74. The Labute approximate surface area is 85.7 Å². The molecule has 0 aromatic heterocycles. The van der Waals surface area contributed by atoms with Gasteiger partial charge >= 0.3 is 0 Å². The molecule has 0 saturated carbocycles. The number of halogens is 1. The average molecular weight is 278 g/mol. The fourth-order valence-corrected chi connectivity index (χ4v) is 1.51. The normalized spacial score (nSPS) is 10.3. The SMILES string of the molecule is CC(C)Oc1cc(O)cc(I)c1. The van der Waals surface area contributed by atoms with Crippen molar-refractivity contribution in [1.29, 1.82) is 0 Å². The van der Waals surface area contributed by atoms with Crippen LogP contribution < -0.4 is 4.74 Å². The second-order valence-electron chi connectivity index (χ2n) is 2.81. The monoisotopic (exact) mass is 278 g/mol. The molecule has 0 heterocycles. The number of phenols is 1. The van der Waals surface area contributed by atoms with Crippen LogP contribution in [0, 0.1) is 3.57 Å². The van der Waals surface area contributed by atoms with E-state index in [1.165, 1.54) is 0 Å². The van der Waals surface area contributed by atoms with Crippen LogP contribution in [0.2, 0.25) is 0 Å². The minimum atomic E-state index is 0.141. The lowest BCUT2D eigenvalue weighted by molar-refractivity contribution is 0.241. The van der Waals surface area contributed by atoms with Crippen molar-refractivity contribution in [2.75, 3.05) is 0 Å². The van der Waals surface area contributed by atoms with Gasteiger partial charge in [-0.3, -0.25) is 0 Å². The summed E-state index contributed by atoms with van der Waals surface area (Å²) in [5.41, 5.74) is 0. The Kier molecular flexibility index (Phi) is 3.20. The van der Waals surface area contributed by atoms with Crippen LogP contribution >= 0.6 is 22.6 Å². The Balaban J connectivity index is 2.85. The van der Waals surface area contributed by atoms with Crippen LogP contribution in [0.4, 0.5) is 0 Å². The summed E-state index contributed by atoms with van der Waals surface area (Å²) < 4.78 is 6.39. The van der Waals surface area contributed by atoms with Gasteiger partial charge in [-0.05, 0) is 48.6 Å². The highest BCUT2D eigenvalue weighted by Crippen LogP contribution is 2.23. The Morgan fingerprint density at radius 3 is 2.50 bits per heavy atom. The molecule has 0 spiro atoms. The summed E-state index contributed by atoms with van der Waals surface area (Å²) in [5, 5.41) is 9.22. The molecule has 0 atom stereocenters. The third-order valence-corrected chi connectivity index (χ3v) is 1.85. The third kappa shape index (κ3) is 2.89. The van der Waals surface area contributed by atoms with Gasteiger partial charge < -0.3 is 9.84 Å². The average Bonchev–Trinajstić information content (AvgIpc) is 1.81. The second-order valence-corrected chi connectivity index (χ2v) is 4.06. The molecule has 0 unspecified atom stereocenters. The first-order valence-corrected chi connectivity index (χ1v) is 4.82. The van der Waals surface area contributed by atoms with Crippen molar-refractivity contribution in [2.24, 2.45) is 0 Å². The van der Waals surface area contributed by atoms with E-state index in [4.69, 9.17) is 4.74 Å². The summed E-state index contributed by atoms with van der Waals surface area (Å²) in [7, 11) is 0. The van der Waals surface area contributed by atoms with Crippen LogP contribution in [0.5, 0.6) is 11.5 Å².